The van der Waals surface area contributed by atoms with Gasteiger partial charge in [0.25, 0.3) is 5.91 Å². The number of rotatable bonds is 3. The number of carbonyl (C=O) groups excluding carboxylic acids is 1. The van der Waals surface area contributed by atoms with E-state index in [2.05, 4.69) is 15.9 Å². The summed E-state index contributed by atoms with van der Waals surface area (Å²) in [5, 5.41) is 0.136. The molecule has 2 rings (SSSR count). The van der Waals surface area contributed by atoms with Crippen LogP contribution >= 0.6 is 15.9 Å². The van der Waals surface area contributed by atoms with Crippen molar-refractivity contribution in [1.29, 1.82) is 0 Å². The average Bonchev–Trinajstić information content (AvgIpc) is 2.54. The van der Waals surface area contributed by atoms with Gasteiger partial charge >= 0.3 is 5.92 Å². The first-order valence-electron chi connectivity index (χ1n) is 5.32. The molecular formula is C12H12BrF2NO. The second-order valence-electron chi connectivity index (χ2n) is 4.15. The number of benzene rings is 1. The molecule has 5 heteroatoms. The molecule has 1 aromatic rings. The lowest BCUT2D eigenvalue weighted by Gasteiger charge is -2.15. The molecule has 1 heterocycles. The maximum Gasteiger partial charge on any atom is 0.330 e. The molecule has 1 aromatic carbocycles. The summed E-state index contributed by atoms with van der Waals surface area (Å²) in [5.41, 5.74) is 0.867. The predicted molar refractivity (Wildman–Crippen MR) is 64.1 cm³/mol. The van der Waals surface area contributed by atoms with Gasteiger partial charge in [-0.1, -0.05) is 46.3 Å². The van der Waals surface area contributed by atoms with Crippen molar-refractivity contribution in [2.45, 2.75) is 12.5 Å². The lowest BCUT2D eigenvalue weighted by molar-refractivity contribution is -0.150. The van der Waals surface area contributed by atoms with Crippen LogP contribution in [0.5, 0.6) is 0 Å². The molecule has 1 aliphatic rings. The molecule has 1 amide bonds. The largest absolute Gasteiger partial charge is 0.333 e. The zero-order chi connectivity index (χ0) is 12.5. The molecule has 0 aromatic heterocycles. The van der Waals surface area contributed by atoms with Gasteiger partial charge in [-0.3, -0.25) is 4.79 Å². The standard InChI is InChI=1S/C12H12BrF2NO/c13-6-10-8-16(11(17)12(10,14)15)7-9-4-2-1-3-5-9/h1-5,10H,6-8H2/t10-/m1/s1. The first kappa shape index (κ1) is 12.5. The maximum atomic E-state index is 13.5. The van der Waals surface area contributed by atoms with Crippen LogP contribution in [0, 0.1) is 5.92 Å². The van der Waals surface area contributed by atoms with Gasteiger partial charge in [-0.25, -0.2) is 0 Å². The minimum absolute atomic E-state index is 0.103. The van der Waals surface area contributed by atoms with Gasteiger partial charge in [0.15, 0.2) is 0 Å². The SMILES string of the molecule is O=C1N(Cc2ccccc2)C[C@@H](CBr)C1(F)F. The number of alkyl halides is 3. The Morgan fingerprint density at radius 3 is 2.53 bits per heavy atom. The summed E-state index contributed by atoms with van der Waals surface area (Å²) in [5.74, 6) is -5.23. The number of hydrogen-bond donors (Lipinski definition) is 0. The molecule has 0 aliphatic carbocycles. The monoisotopic (exact) mass is 303 g/mol. The third kappa shape index (κ3) is 2.34. The van der Waals surface area contributed by atoms with Crippen LogP contribution in [0.3, 0.4) is 0 Å². The summed E-state index contributed by atoms with van der Waals surface area (Å²) in [6.45, 7) is 0.352. The molecule has 0 spiro atoms. The Balaban J connectivity index is 2.12. The molecule has 0 unspecified atom stereocenters. The van der Waals surface area contributed by atoms with E-state index in [0.29, 0.717) is 0 Å². The van der Waals surface area contributed by atoms with E-state index in [1.54, 1.807) is 0 Å². The van der Waals surface area contributed by atoms with Gasteiger partial charge < -0.3 is 4.90 Å². The summed E-state index contributed by atoms with van der Waals surface area (Å²) in [6, 6.07) is 9.16. The molecular weight excluding hydrogens is 292 g/mol. The average molecular weight is 304 g/mol. The fourth-order valence-electron chi connectivity index (χ4n) is 1.93. The molecule has 0 N–H and O–H groups in total. The van der Waals surface area contributed by atoms with E-state index in [0.717, 1.165) is 5.56 Å². The van der Waals surface area contributed by atoms with Gasteiger partial charge in [0.05, 0.1) is 5.92 Å². The molecule has 1 fully saturated rings. The van der Waals surface area contributed by atoms with Gasteiger partial charge in [-0.15, -0.1) is 0 Å². The smallest absolute Gasteiger partial charge is 0.330 e. The van der Waals surface area contributed by atoms with Crippen LogP contribution in [0.25, 0.3) is 0 Å². The molecule has 1 aliphatic heterocycles. The Hall–Kier alpha value is -0.970. The minimum atomic E-state index is -3.24. The van der Waals surface area contributed by atoms with Crippen molar-refractivity contribution in [2.75, 3.05) is 11.9 Å². The molecule has 0 radical (unpaired) electrons. The normalized spacial score (nSPS) is 23.1. The lowest BCUT2D eigenvalue weighted by atomic mass is 10.1. The van der Waals surface area contributed by atoms with E-state index in [9.17, 15) is 13.6 Å². The van der Waals surface area contributed by atoms with E-state index in [1.807, 2.05) is 30.3 Å². The van der Waals surface area contributed by atoms with Crippen molar-refractivity contribution >= 4 is 21.8 Å². The maximum absolute atomic E-state index is 13.5. The summed E-state index contributed by atoms with van der Waals surface area (Å²) in [6.07, 6.45) is 0. The van der Waals surface area contributed by atoms with Crippen LogP contribution in [0.2, 0.25) is 0 Å². The van der Waals surface area contributed by atoms with Crippen molar-refractivity contribution in [2.24, 2.45) is 5.92 Å². The zero-order valence-corrected chi connectivity index (χ0v) is 10.7. The molecule has 0 saturated carbocycles. The Bertz CT molecular complexity index is 410. The van der Waals surface area contributed by atoms with Crippen LogP contribution < -0.4 is 0 Å². The summed E-state index contributed by atoms with van der Waals surface area (Å²) >= 11 is 3.03. The Kier molecular flexibility index (Phi) is 3.47. The van der Waals surface area contributed by atoms with Gasteiger partial charge in [-0.2, -0.15) is 8.78 Å². The number of amides is 1. The van der Waals surface area contributed by atoms with Gasteiger partial charge in [-0.05, 0) is 5.56 Å². The van der Waals surface area contributed by atoms with E-state index in [-0.39, 0.29) is 18.4 Å². The first-order chi connectivity index (χ1) is 8.05. The topological polar surface area (TPSA) is 20.3 Å². The highest BCUT2D eigenvalue weighted by Gasteiger charge is 2.55. The van der Waals surface area contributed by atoms with Crippen molar-refractivity contribution in [3.8, 4) is 0 Å². The van der Waals surface area contributed by atoms with E-state index in [1.165, 1.54) is 4.90 Å². The zero-order valence-electron chi connectivity index (χ0n) is 9.07. The van der Waals surface area contributed by atoms with Crippen LogP contribution in [0.15, 0.2) is 30.3 Å². The summed E-state index contributed by atoms with van der Waals surface area (Å²) in [4.78, 5) is 12.8. The van der Waals surface area contributed by atoms with Crippen molar-refractivity contribution in [3.63, 3.8) is 0 Å². The third-order valence-corrected chi connectivity index (χ3v) is 3.71. The highest BCUT2D eigenvalue weighted by Crippen LogP contribution is 2.36. The fourth-order valence-corrected chi connectivity index (χ4v) is 2.55. The molecule has 1 atom stereocenters. The highest BCUT2D eigenvalue weighted by atomic mass is 79.9. The second-order valence-corrected chi connectivity index (χ2v) is 4.79. The van der Waals surface area contributed by atoms with Crippen molar-refractivity contribution < 1.29 is 13.6 Å². The Morgan fingerprint density at radius 2 is 2.00 bits per heavy atom. The molecule has 92 valence electrons. The lowest BCUT2D eigenvalue weighted by Crippen LogP contribution is -2.35. The van der Waals surface area contributed by atoms with Crippen molar-refractivity contribution in [1.82, 2.24) is 4.90 Å². The van der Waals surface area contributed by atoms with Crippen molar-refractivity contribution in [3.05, 3.63) is 35.9 Å². The molecule has 2 nitrogen and oxygen atoms in total. The molecule has 17 heavy (non-hydrogen) atoms. The predicted octanol–water partition coefficient (Wildman–Crippen LogP) is 2.68. The number of carbonyl (C=O) groups is 1. The third-order valence-electron chi connectivity index (χ3n) is 2.93. The van der Waals surface area contributed by atoms with Crippen LogP contribution in [-0.2, 0) is 11.3 Å². The van der Waals surface area contributed by atoms with Gasteiger partial charge in [0.2, 0.25) is 0 Å². The Labute approximate surface area is 107 Å². The Morgan fingerprint density at radius 1 is 1.35 bits per heavy atom. The van der Waals surface area contributed by atoms with E-state index in [4.69, 9.17) is 0 Å². The van der Waals surface area contributed by atoms with Crippen LogP contribution in [0.4, 0.5) is 8.78 Å². The molecule has 1 saturated heterocycles. The van der Waals surface area contributed by atoms with Crippen LogP contribution in [-0.4, -0.2) is 28.6 Å². The molecule has 0 bridgehead atoms. The quantitative estimate of drug-likeness (QED) is 0.786. The highest BCUT2D eigenvalue weighted by molar-refractivity contribution is 9.09. The minimum Gasteiger partial charge on any atom is -0.333 e. The fraction of sp³-hybridized carbons (Fsp3) is 0.417. The second kappa shape index (κ2) is 4.72. The summed E-state index contributed by atoms with van der Waals surface area (Å²) in [7, 11) is 0. The summed E-state index contributed by atoms with van der Waals surface area (Å²) < 4.78 is 27.1. The first-order valence-corrected chi connectivity index (χ1v) is 6.45. The number of hydrogen-bond acceptors (Lipinski definition) is 1. The van der Waals surface area contributed by atoms with E-state index < -0.39 is 17.7 Å². The number of likely N-dealkylation sites (tertiary alicyclic amines) is 1. The van der Waals surface area contributed by atoms with E-state index >= 15 is 0 Å². The van der Waals surface area contributed by atoms with Crippen LogP contribution in [0.1, 0.15) is 5.56 Å². The van der Waals surface area contributed by atoms with Gasteiger partial charge in [0, 0.05) is 18.4 Å². The number of halogens is 3. The van der Waals surface area contributed by atoms with Gasteiger partial charge in [0.1, 0.15) is 0 Å². The number of nitrogens with zero attached hydrogens (tertiary/aromatic N) is 1.